The van der Waals surface area contributed by atoms with Crippen molar-refractivity contribution in [2.24, 2.45) is 5.41 Å². The molecule has 3 N–H and O–H groups in total. The molecule has 0 saturated heterocycles. The van der Waals surface area contributed by atoms with Gasteiger partial charge >= 0.3 is 5.97 Å². The zero-order chi connectivity index (χ0) is 17.7. The normalized spacial score (nSPS) is 11.7. The fourth-order valence-electron chi connectivity index (χ4n) is 1.54. The van der Waals surface area contributed by atoms with Gasteiger partial charge in [-0.15, -0.1) is 6.58 Å². The van der Waals surface area contributed by atoms with E-state index in [1.54, 1.807) is 0 Å². The van der Waals surface area contributed by atoms with Crippen LogP contribution < -0.4 is 10.0 Å². The molecule has 0 unspecified atom stereocenters. The predicted molar refractivity (Wildman–Crippen MR) is 85.6 cm³/mol. The number of hydrogen-bond donors (Lipinski definition) is 3. The number of carboxylic acids is 1. The van der Waals surface area contributed by atoms with Crippen molar-refractivity contribution < 1.29 is 23.1 Å². The fourth-order valence-corrected chi connectivity index (χ4v) is 2.58. The molecule has 0 bridgehead atoms. The molecule has 1 aromatic carbocycles. The number of aliphatic carboxylic acids is 1. The summed E-state index contributed by atoms with van der Waals surface area (Å²) in [5.41, 5.74) is -0.988. The molecule has 0 aliphatic rings. The number of carbonyl (C=O) groups is 2. The molecule has 8 heteroatoms. The van der Waals surface area contributed by atoms with Gasteiger partial charge in [0.2, 0.25) is 10.0 Å². The molecule has 0 spiro atoms. The van der Waals surface area contributed by atoms with Gasteiger partial charge in [-0.05, 0) is 32.0 Å². The summed E-state index contributed by atoms with van der Waals surface area (Å²) in [6, 6.07) is 5.49. The number of benzene rings is 1. The van der Waals surface area contributed by atoms with E-state index in [1.807, 2.05) is 0 Å². The summed E-state index contributed by atoms with van der Waals surface area (Å²) in [7, 11) is -3.73. The summed E-state index contributed by atoms with van der Waals surface area (Å²) < 4.78 is 26.3. The van der Waals surface area contributed by atoms with Gasteiger partial charge in [-0.1, -0.05) is 12.1 Å². The van der Waals surface area contributed by atoms with Crippen LogP contribution in [0.1, 0.15) is 24.2 Å². The van der Waals surface area contributed by atoms with Crippen LogP contribution in [-0.4, -0.2) is 38.5 Å². The zero-order valence-corrected chi connectivity index (χ0v) is 13.8. The maximum atomic E-state index is 12.1. The van der Waals surface area contributed by atoms with E-state index in [2.05, 4.69) is 16.6 Å². The molecule has 0 radical (unpaired) electrons. The number of sulfonamides is 1. The van der Waals surface area contributed by atoms with Crippen LogP contribution in [0.2, 0.25) is 0 Å². The molecule has 0 aliphatic carbocycles. The van der Waals surface area contributed by atoms with Crippen molar-refractivity contribution in [1.82, 2.24) is 10.0 Å². The van der Waals surface area contributed by atoms with E-state index in [1.165, 1.54) is 44.2 Å². The van der Waals surface area contributed by atoms with Crippen LogP contribution in [-0.2, 0) is 14.8 Å². The number of rotatable bonds is 8. The Morgan fingerprint density at radius 2 is 2.00 bits per heavy atom. The lowest BCUT2D eigenvalue weighted by Gasteiger charge is -2.19. The molecule has 0 saturated carbocycles. The first kappa shape index (κ1) is 18.9. The summed E-state index contributed by atoms with van der Waals surface area (Å²) >= 11 is 0. The highest BCUT2D eigenvalue weighted by molar-refractivity contribution is 7.89. The lowest BCUT2D eigenvalue weighted by molar-refractivity contribution is -0.146. The lowest BCUT2D eigenvalue weighted by atomic mass is 9.94. The summed E-state index contributed by atoms with van der Waals surface area (Å²) in [6.07, 6.45) is 1.40. The Hall–Kier alpha value is -2.19. The fraction of sp³-hybridized carbons (Fsp3) is 0.333. The smallest absolute Gasteiger partial charge is 0.310 e. The van der Waals surface area contributed by atoms with Gasteiger partial charge in [-0.25, -0.2) is 13.1 Å². The van der Waals surface area contributed by atoms with Crippen LogP contribution >= 0.6 is 0 Å². The van der Waals surface area contributed by atoms with Crippen molar-refractivity contribution in [3.8, 4) is 0 Å². The molecule has 1 rings (SSSR count). The number of carbonyl (C=O) groups excluding carboxylic acids is 1. The van der Waals surface area contributed by atoms with E-state index < -0.39 is 27.3 Å². The van der Waals surface area contributed by atoms with Gasteiger partial charge in [0.05, 0.1) is 10.3 Å². The second kappa shape index (κ2) is 7.38. The highest BCUT2D eigenvalue weighted by Crippen LogP contribution is 2.15. The number of amides is 1. The number of carboxylic acid groups (broad SMARTS) is 1. The topological polar surface area (TPSA) is 113 Å². The van der Waals surface area contributed by atoms with Crippen molar-refractivity contribution in [3.63, 3.8) is 0 Å². The highest BCUT2D eigenvalue weighted by atomic mass is 32.2. The first-order chi connectivity index (χ1) is 10.6. The van der Waals surface area contributed by atoms with Crippen molar-refractivity contribution >= 4 is 21.9 Å². The number of hydrogen-bond acceptors (Lipinski definition) is 4. The third-order valence-electron chi connectivity index (χ3n) is 3.09. The second-order valence-electron chi connectivity index (χ2n) is 5.54. The van der Waals surface area contributed by atoms with E-state index in [-0.39, 0.29) is 23.5 Å². The van der Waals surface area contributed by atoms with Gasteiger partial charge in [0, 0.05) is 18.7 Å². The van der Waals surface area contributed by atoms with Gasteiger partial charge in [0.25, 0.3) is 5.91 Å². The third kappa shape index (κ3) is 5.19. The minimum absolute atomic E-state index is 0.0514. The Kier molecular flexibility index (Phi) is 6.05. The molecule has 126 valence electrons. The first-order valence-corrected chi connectivity index (χ1v) is 8.31. The average Bonchev–Trinajstić information content (AvgIpc) is 2.50. The first-order valence-electron chi connectivity index (χ1n) is 6.82. The standard InChI is InChI=1S/C15H20N2O5S/c1-4-8-17-23(21,22)12-7-5-6-11(9-12)13(18)16-10-15(2,3)14(19)20/h4-7,9,17H,1,8,10H2,2-3H3,(H,16,18)(H,19,20). The molecule has 0 aliphatic heterocycles. The SMILES string of the molecule is C=CCNS(=O)(=O)c1cccc(C(=O)NCC(C)(C)C(=O)O)c1. The molecular weight excluding hydrogens is 320 g/mol. The molecular formula is C15H20N2O5S. The van der Waals surface area contributed by atoms with E-state index in [9.17, 15) is 18.0 Å². The second-order valence-corrected chi connectivity index (χ2v) is 7.31. The van der Waals surface area contributed by atoms with Gasteiger partial charge in [0.15, 0.2) is 0 Å². The molecule has 0 aromatic heterocycles. The Bertz CT molecular complexity index is 710. The van der Waals surface area contributed by atoms with Crippen molar-refractivity contribution in [1.29, 1.82) is 0 Å². The van der Waals surface area contributed by atoms with Crippen LogP contribution in [0.4, 0.5) is 0 Å². The molecule has 0 fully saturated rings. The van der Waals surface area contributed by atoms with Gasteiger partial charge in [-0.3, -0.25) is 9.59 Å². The van der Waals surface area contributed by atoms with E-state index in [4.69, 9.17) is 5.11 Å². The van der Waals surface area contributed by atoms with Crippen LogP contribution in [0, 0.1) is 5.41 Å². The summed E-state index contributed by atoms with van der Waals surface area (Å²) in [4.78, 5) is 23.0. The van der Waals surface area contributed by atoms with Crippen LogP contribution in [0.15, 0.2) is 41.8 Å². The van der Waals surface area contributed by atoms with Crippen LogP contribution in [0.3, 0.4) is 0 Å². The van der Waals surface area contributed by atoms with E-state index >= 15 is 0 Å². The monoisotopic (exact) mass is 340 g/mol. The van der Waals surface area contributed by atoms with Gasteiger partial charge < -0.3 is 10.4 Å². The van der Waals surface area contributed by atoms with Crippen LogP contribution in [0.5, 0.6) is 0 Å². The predicted octanol–water partition coefficient (Wildman–Crippen LogP) is 0.991. The molecule has 0 heterocycles. The number of nitrogens with one attached hydrogen (secondary N) is 2. The van der Waals surface area contributed by atoms with Gasteiger partial charge in [-0.2, -0.15) is 0 Å². The quantitative estimate of drug-likeness (QED) is 0.611. The van der Waals surface area contributed by atoms with Gasteiger partial charge in [0.1, 0.15) is 0 Å². The molecule has 1 amide bonds. The molecule has 0 atom stereocenters. The Labute approximate surface area is 135 Å². The third-order valence-corrected chi connectivity index (χ3v) is 4.52. The maximum absolute atomic E-state index is 12.1. The van der Waals surface area contributed by atoms with Crippen molar-refractivity contribution in [2.45, 2.75) is 18.7 Å². The molecule has 23 heavy (non-hydrogen) atoms. The Morgan fingerprint density at radius 1 is 1.35 bits per heavy atom. The van der Waals surface area contributed by atoms with Crippen LogP contribution in [0.25, 0.3) is 0 Å². The maximum Gasteiger partial charge on any atom is 0.310 e. The van der Waals surface area contributed by atoms with E-state index in [0.29, 0.717) is 0 Å². The zero-order valence-electron chi connectivity index (χ0n) is 13.0. The minimum Gasteiger partial charge on any atom is -0.481 e. The molecule has 7 nitrogen and oxygen atoms in total. The minimum atomic E-state index is -3.73. The summed E-state index contributed by atoms with van der Waals surface area (Å²) in [5.74, 6) is -1.58. The Morgan fingerprint density at radius 3 is 2.57 bits per heavy atom. The van der Waals surface area contributed by atoms with E-state index in [0.717, 1.165) is 0 Å². The average molecular weight is 340 g/mol. The lowest BCUT2D eigenvalue weighted by Crippen LogP contribution is -2.39. The largest absolute Gasteiger partial charge is 0.481 e. The van der Waals surface area contributed by atoms with Crippen molar-refractivity contribution in [3.05, 3.63) is 42.5 Å². The highest BCUT2D eigenvalue weighted by Gasteiger charge is 2.27. The van der Waals surface area contributed by atoms with Crippen molar-refractivity contribution in [2.75, 3.05) is 13.1 Å². The molecule has 1 aromatic rings. The summed E-state index contributed by atoms with van der Waals surface area (Å²) in [6.45, 7) is 6.39. The Balaban J connectivity index is 2.90. The summed E-state index contributed by atoms with van der Waals surface area (Å²) in [5, 5.41) is 11.5.